The lowest BCUT2D eigenvalue weighted by Gasteiger charge is -2.24. The van der Waals surface area contributed by atoms with Gasteiger partial charge in [0.2, 0.25) is 15.9 Å². The Morgan fingerprint density at radius 2 is 1.73 bits per heavy atom. The number of benzene rings is 3. The normalized spacial score (nSPS) is 17.0. The number of nitrogens with zero attached hydrogens (tertiary/aromatic N) is 8. The molecule has 22 heteroatoms. The number of aryl methyl sites for hydroxylation is 3. The van der Waals surface area contributed by atoms with Crippen LogP contribution < -0.4 is 15.6 Å². The molecule has 1 amide bonds. The standard InChI is InChI=1S/C41H33F7N10O4S/c1-17-5-8-29(35-31(17)38(54-56(35)3)55-63(4,61)62)58-39(52-27-12-20(6-7-23(27)40(58)60)33-26(44)15-49-18(2)50-33)28(11-19-9-21(42)13-22(43)10-19)51-30(59)16-57-36-32(34(53-57)37(45)46)24-14-25(24)41(36,47)48/h5-10,12-13,15,24-25,28,37H,11,14,16H2,1-4H3,(H,51,59)(H,54,55)/t24-,25+,28-/m0/s1. The molecule has 0 bridgehead atoms. The second-order valence-corrected chi connectivity index (χ2v) is 17.5. The fourth-order valence-electron chi connectivity index (χ4n) is 8.58. The van der Waals surface area contributed by atoms with Crippen LogP contribution in [0.2, 0.25) is 0 Å². The summed E-state index contributed by atoms with van der Waals surface area (Å²) in [4.78, 5) is 42.0. The maximum absolute atomic E-state index is 15.5. The van der Waals surface area contributed by atoms with Crippen molar-refractivity contribution in [1.82, 2.24) is 44.4 Å². The van der Waals surface area contributed by atoms with Crippen LogP contribution in [-0.4, -0.2) is 59.7 Å². The van der Waals surface area contributed by atoms with E-state index >= 15 is 18.0 Å². The number of aromatic nitrogens is 8. The zero-order valence-electron chi connectivity index (χ0n) is 33.4. The zero-order valence-corrected chi connectivity index (χ0v) is 34.2. The molecular formula is C41H33F7N10O4S. The number of carbonyl (C=O) groups is 1. The number of anilines is 1. The van der Waals surface area contributed by atoms with Crippen LogP contribution in [0.5, 0.6) is 0 Å². The Morgan fingerprint density at radius 1 is 1.00 bits per heavy atom. The zero-order chi connectivity index (χ0) is 45.0. The van der Waals surface area contributed by atoms with Gasteiger partial charge in [-0.1, -0.05) is 12.1 Å². The molecule has 7 aromatic rings. The molecule has 14 nitrogen and oxygen atoms in total. The van der Waals surface area contributed by atoms with E-state index in [9.17, 15) is 30.8 Å². The van der Waals surface area contributed by atoms with E-state index in [1.165, 1.54) is 42.9 Å². The summed E-state index contributed by atoms with van der Waals surface area (Å²) in [5.74, 6) is -9.69. The summed E-state index contributed by atoms with van der Waals surface area (Å²) in [6.07, 6.45) is -1.86. The van der Waals surface area contributed by atoms with Crippen molar-refractivity contribution < 1.29 is 43.9 Å². The van der Waals surface area contributed by atoms with E-state index in [2.05, 4.69) is 30.2 Å². The van der Waals surface area contributed by atoms with Crippen molar-refractivity contribution in [3.8, 4) is 16.9 Å². The maximum atomic E-state index is 15.5. The van der Waals surface area contributed by atoms with Crippen LogP contribution in [0, 0.1) is 37.2 Å². The Bertz CT molecular complexity index is 3240. The summed E-state index contributed by atoms with van der Waals surface area (Å²) in [5, 5.41) is 10.9. The quantitative estimate of drug-likeness (QED) is 0.136. The molecule has 1 saturated carbocycles. The highest BCUT2D eigenvalue weighted by atomic mass is 32.2. The summed E-state index contributed by atoms with van der Waals surface area (Å²) in [6.45, 7) is 2.19. The molecule has 2 aliphatic rings. The molecule has 63 heavy (non-hydrogen) atoms. The molecule has 0 spiro atoms. The molecule has 326 valence electrons. The van der Waals surface area contributed by atoms with Gasteiger partial charge in [0.1, 0.15) is 46.9 Å². The summed E-state index contributed by atoms with van der Waals surface area (Å²) < 4.78 is 134. The first-order chi connectivity index (χ1) is 29.7. The molecule has 2 aliphatic carbocycles. The van der Waals surface area contributed by atoms with Crippen LogP contribution in [0.15, 0.2) is 59.5 Å². The van der Waals surface area contributed by atoms with Gasteiger partial charge < -0.3 is 5.32 Å². The second-order valence-electron chi connectivity index (χ2n) is 15.7. The molecule has 4 aromatic heterocycles. The fourth-order valence-corrected chi connectivity index (χ4v) is 9.08. The van der Waals surface area contributed by atoms with E-state index in [-0.39, 0.29) is 73.8 Å². The molecule has 3 aromatic carbocycles. The third-order valence-corrected chi connectivity index (χ3v) is 11.8. The molecule has 9 rings (SSSR count). The van der Waals surface area contributed by atoms with Gasteiger partial charge in [0.25, 0.3) is 17.9 Å². The van der Waals surface area contributed by atoms with Gasteiger partial charge in [-0.2, -0.15) is 19.0 Å². The first-order valence-electron chi connectivity index (χ1n) is 19.2. The average Bonchev–Trinajstić information content (AvgIpc) is 3.73. The third kappa shape index (κ3) is 7.24. The number of carbonyl (C=O) groups excluding carboxylic acids is 1. The summed E-state index contributed by atoms with van der Waals surface area (Å²) in [7, 11) is -2.40. The first-order valence-corrected chi connectivity index (χ1v) is 21.1. The Hall–Kier alpha value is -6.71. The maximum Gasteiger partial charge on any atom is 0.293 e. The number of amides is 1. The molecule has 4 heterocycles. The van der Waals surface area contributed by atoms with Crippen LogP contribution in [0.1, 0.15) is 64.5 Å². The van der Waals surface area contributed by atoms with Gasteiger partial charge in [-0.3, -0.25) is 28.2 Å². The average molecular weight is 895 g/mol. The van der Waals surface area contributed by atoms with Crippen molar-refractivity contribution in [3.63, 3.8) is 0 Å². The van der Waals surface area contributed by atoms with Gasteiger partial charge >= 0.3 is 0 Å². The SMILES string of the molecule is Cc1ncc(F)c(-c2ccc3c(=O)n(-c4ccc(C)c5c(NS(C)(=O)=O)nn(C)c45)c([C@H](Cc4cc(F)cc(F)c4)NC(=O)Cn4nc(C(F)F)c5c4C(F)(F)[C@@H]4C[C@H]54)nc3c2)n1. The Kier molecular flexibility index (Phi) is 9.71. The largest absolute Gasteiger partial charge is 0.344 e. The van der Waals surface area contributed by atoms with Crippen LogP contribution in [-0.2, 0) is 40.8 Å². The third-order valence-electron chi connectivity index (χ3n) is 11.2. The molecule has 0 aliphatic heterocycles. The predicted molar refractivity (Wildman–Crippen MR) is 213 cm³/mol. The van der Waals surface area contributed by atoms with Gasteiger partial charge in [0.15, 0.2) is 11.6 Å². The predicted octanol–water partition coefficient (Wildman–Crippen LogP) is 6.58. The molecule has 0 unspecified atom stereocenters. The number of rotatable bonds is 11. The van der Waals surface area contributed by atoms with Gasteiger partial charge in [-0.25, -0.2) is 45.3 Å². The monoisotopic (exact) mass is 894 g/mol. The van der Waals surface area contributed by atoms with Crippen LogP contribution in [0.25, 0.3) is 38.8 Å². The molecule has 0 radical (unpaired) electrons. The highest BCUT2D eigenvalue weighted by Gasteiger charge is 2.67. The number of sulfonamides is 1. The van der Waals surface area contributed by atoms with Gasteiger partial charge in [0.05, 0.1) is 46.0 Å². The first kappa shape index (κ1) is 41.6. The minimum atomic E-state index is -3.88. The van der Waals surface area contributed by atoms with E-state index in [1.54, 1.807) is 13.0 Å². The molecule has 3 atom stereocenters. The van der Waals surface area contributed by atoms with Crippen molar-refractivity contribution in [1.29, 1.82) is 0 Å². The van der Waals surface area contributed by atoms with Gasteiger partial charge in [-0.15, -0.1) is 0 Å². The number of alkyl halides is 4. The minimum absolute atomic E-state index is 0.0189. The van der Waals surface area contributed by atoms with Crippen LogP contribution in [0.3, 0.4) is 0 Å². The smallest absolute Gasteiger partial charge is 0.293 e. The number of fused-ring (bicyclic) bond motifs is 5. The molecule has 1 fully saturated rings. The summed E-state index contributed by atoms with van der Waals surface area (Å²) in [5.41, 5.74) is -2.13. The van der Waals surface area contributed by atoms with E-state index in [0.29, 0.717) is 16.3 Å². The Morgan fingerprint density at radius 3 is 2.43 bits per heavy atom. The lowest BCUT2D eigenvalue weighted by Crippen LogP contribution is -2.38. The highest BCUT2D eigenvalue weighted by molar-refractivity contribution is 7.92. The van der Waals surface area contributed by atoms with E-state index in [1.807, 2.05) is 0 Å². The van der Waals surface area contributed by atoms with Crippen LogP contribution in [0.4, 0.5) is 36.6 Å². The summed E-state index contributed by atoms with van der Waals surface area (Å²) >= 11 is 0. The second kappa shape index (κ2) is 14.7. The summed E-state index contributed by atoms with van der Waals surface area (Å²) in [6, 6.07) is 8.16. The minimum Gasteiger partial charge on any atom is -0.344 e. The number of nitrogens with one attached hydrogen (secondary N) is 2. The Labute approximate surface area is 351 Å². The van der Waals surface area contributed by atoms with E-state index in [0.717, 1.165) is 29.2 Å². The molecule has 0 saturated heterocycles. The fraction of sp³-hybridized carbons (Fsp3) is 0.293. The number of hydrogen-bond acceptors (Lipinski definition) is 9. The van der Waals surface area contributed by atoms with Crippen LogP contribution >= 0.6 is 0 Å². The van der Waals surface area contributed by atoms with Gasteiger partial charge in [-0.05, 0) is 67.6 Å². The van der Waals surface area contributed by atoms with Crippen molar-refractivity contribution in [2.24, 2.45) is 13.0 Å². The van der Waals surface area contributed by atoms with Gasteiger partial charge in [0, 0.05) is 36.6 Å². The molecular weight excluding hydrogens is 862 g/mol. The van der Waals surface area contributed by atoms with E-state index in [4.69, 9.17) is 4.98 Å². The molecule has 2 N–H and O–H groups in total. The van der Waals surface area contributed by atoms with Crippen molar-refractivity contribution in [2.45, 2.75) is 57.5 Å². The van der Waals surface area contributed by atoms with Crippen molar-refractivity contribution in [3.05, 3.63) is 122 Å². The van der Waals surface area contributed by atoms with E-state index < -0.39 is 93.5 Å². The lowest BCUT2D eigenvalue weighted by atomic mass is 10.0. The van der Waals surface area contributed by atoms with Crippen molar-refractivity contribution >= 4 is 43.6 Å². The Balaban J connectivity index is 1.27. The number of halogens is 7. The lowest BCUT2D eigenvalue weighted by molar-refractivity contribution is -0.123. The topological polar surface area (TPSA) is 172 Å². The number of hydrogen-bond donors (Lipinski definition) is 2. The highest BCUT2D eigenvalue weighted by Crippen LogP contribution is 2.68. The van der Waals surface area contributed by atoms with Crippen molar-refractivity contribution in [2.75, 3.05) is 11.0 Å².